The van der Waals surface area contributed by atoms with E-state index in [2.05, 4.69) is 10.6 Å². The van der Waals surface area contributed by atoms with Crippen molar-refractivity contribution in [3.63, 3.8) is 0 Å². The lowest BCUT2D eigenvalue weighted by Crippen LogP contribution is -2.29. The molecule has 1 aliphatic heterocycles. The maximum Gasteiger partial charge on any atom is 0.175 e. The average molecular weight is 298 g/mol. The van der Waals surface area contributed by atoms with Gasteiger partial charge in [-0.15, -0.1) is 0 Å². The summed E-state index contributed by atoms with van der Waals surface area (Å²) in [6.07, 6.45) is 1.63. The van der Waals surface area contributed by atoms with Gasteiger partial charge < -0.3 is 15.4 Å². The van der Waals surface area contributed by atoms with Crippen LogP contribution in [0.1, 0.15) is 0 Å². The first-order valence-electron chi connectivity index (χ1n) is 5.60. The first-order valence-corrected chi connectivity index (χ1v) is 7.83. The lowest BCUT2D eigenvalue weighted by Gasteiger charge is -2.11. The molecule has 0 aromatic heterocycles. The molecule has 0 atom stereocenters. The van der Waals surface area contributed by atoms with Crippen molar-refractivity contribution in [2.24, 2.45) is 0 Å². The molecule has 5 nitrogen and oxygen atoms in total. The zero-order valence-corrected chi connectivity index (χ0v) is 12.0. The number of ether oxygens (including phenoxy) is 1. The van der Waals surface area contributed by atoms with Crippen LogP contribution < -0.4 is 15.4 Å². The van der Waals surface area contributed by atoms with E-state index in [9.17, 15) is 8.42 Å². The van der Waals surface area contributed by atoms with Gasteiger partial charge in [0.1, 0.15) is 5.75 Å². The van der Waals surface area contributed by atoms with Gasteiger partial charge in [0.2, 0.25) is 0 Å². The Morgan fingerprint density at radius 2 is 2.16 bits per heavy atom. The van der Waals surface area contributed by atoms with E-state index in [-0.39, 0.29) is 11.5 Å². The molecular formula is C12H14N2O3S2. The highest BCUT2D eigenvalue weighted by molar-refractivity contribution is 7.92. The number of benzene rings is 1. The number of methoxy groups -OCH3 is 1. The van der Waals surface area contributed by atoms with Gasteiger partial charge in [-0.1, -0.05) is 6.07 Å². The molecule has 1 aliphatic rings. The van der Waals surface area contributed by atoms with Crippen molar-refractivity contribution >= 4 is 32.9 Å². The molecule has 1 aromatic carbocycles. The Hall–Kier alpha value is -1.60. The molecule has 0 fully saturated rings. The average Bonchev–Trinajstić information content (AvgIpc) is 2.68. The largest absolute Gasteiger partial charge is 0.497 e. The second-order valence-electron chi connectivity index (χ2n) is 4.10. The van der Waals surface area contributed by atoms with E-state index in [1.807, 2.05) is 18.2 Å². The molecule has 0 aliphatic carbocycles. The van der Waals surface area contributed by atoms with Crippen LogP contribution in [0.5, 0.6) is 5.75 Å². The summed E-state index contributed by atoms with van der Waals surface area (Å²) in [7, 11) is -1.40. The molecule has 102 valence electrons. The van der Waals surface area contributed by atoms with Crippen LogP contribution in [-0.2, 0) is 9.84 Å². The van der Waals surface area contributed by atoms with Crippen LogP contribution >= 0.6 is 12.2 Å². The zero-order valence-electron chi connectivity index (χ0n) is 10.3. The van der Waals surface area contributed by atoms with Crippen LogP contribution in [0.15, 0.2) is 36.0 Å². The number of hydrogen-bond acceptors (Lipinski definition) is 4. The maximum atomic E-state index is 11.3. The van der Waals surface area contributed by atoms with Crippen LogP contribution in [0.2, 0.25) is 0 Å². The van der Waals surface area contributed by atoms with E-state index in [1.54, 1.807) is 19.3 Å². The summed E-state index contributed by atoms with van der Waals surface area (Å²) in [5.74, 6) is 0.791. The molecule has 1 heterocycles. The Morgan fingerprint density at radius 1 is 1.37 bits per heavy atom. The summed E-state index contributed by atoms with van der Waals surface area (Å²) in [4.78, 5) is 0. The standard InChI is InChI=1S/C12H14N2O3S2/c1-17-11-4-2-3-9(7-11)13-12(18)14-10-5-6-19(15,16)8-10/h2-5,7H,6,8H2,1H3,(H2,13,14,18). The van der Waals surface area contributed by atoms with Gasteiger partial charge in [0.15, 0.2) is 14.9 Å². The summed E-state index contributed by atoms with van der Waals surface area (Å²) >= 11 is 5.13. The monoisotopic (exact) mass is 298 g/mol. The number of sulfone groups is 1. The van der Waals surface area contributed by atoms with Gasteiger partial charge in [0, 0.05) is 17.5 Å². The lowest BCUT2D eigenvalue weighted by atomic mass is 10.3. The Morgan fingerprint density at radius 3 is 2.79 bits per heavy atom. The van der Waals surface area contributed by atoms with E-state index >= 15 is 0 Å². The van der Waals surface area contributed by atoms with Gasteiger partial charge in [-0.3, -0.25) is 0 Å². The van der Waals surface area contributed by atoms with Crippen LogP contribution in [0, 0.1) is 0 Å². The van der Waals surface area contributed by atoms with Gasteiger partial charge in [-0.2, -0.15) is 0 Å². The van der Waals surface area contributed by atoms with Crippen LogP contribution in [0.3, 0.4) is 0 Å². The fourth-order valence-corrected chi connectivity index (χ4v) is 3.16. The third-order valence-corrected chi connectivity index (χ3v) is 4.19. The van der Waals surface area contributed by atoms with Gasteiger partial charge in [0.25, 0.3) is 0 Å². The molecule has 0 unspecified atom stereocenters. The molecule has 0 radical (unpaired) electrons. The highest BCUT2D eigenvalue weighted by atomic mass is 32.2. The fraction of sp³-hybridized carbons (Fsp3) is 0.250. The predicted molar refractivity (Wildman–Crippen MR) is 79.1 cm³/mol. The van der Waals surface area contributed by atoms with Crippen LogP contribution in [0.4, 0.5) is 5.69 Å². The van der Waals surface area contributed by atoms with Crippen molar-refractivity contribution in [3.8, 4) is 5.75 Å². The molecule has 2 N–H and O–H groups in total. The highest BCUT2D eigenvalue weighted by Gasteiger charge is 2.20. The van der Waals surface area contributed by atoms with Crippen molar-refractivity contribution in [2.45, 2.75) is 0 Å². The van der Waals surface area contributed by atoms with Crippen molar-refractivity contribution in [3.05, 3.63) is 36.0 Å². The fourth-order valence-electron chi connectivity index (χ4n) is 1.68. The molecule has 1 aromatic rings. The summed E-state index contributed by atoms with van der Waals surface area (Å²) in [6, 6.07) is 7.31. The SMILES string of the molecule is COc1cccc(NC(=S)NC2=CCS(=O)(=O)C2)c1. The number of anilines is 1. The Kier molecular flexibility index (Phi) is 4.06. The molecule has 0 amide bonds. The molecule has 0 saturated carbocycles. The van der Waals surface area contributed by atoms with E-state index in [0.717, 1.165) is 11.4 Å². The second-order valence-corrected chi connectivity index (χ2v) is 6.61. The number of rotatable bonds is 3. The topological polar surface area (TPSA) is 67.4 Å². The van der Waals surface area contributed by atoms with Crippen LogP contribution in [-0.4, -0.2) is 32.1 Å². The van der Waals surface area contributed by atoms with Crippen molar-refractivity contribution in [2.75, 3.05) is 23.9 Å². The third-order valence-electron chi connectivity index (χ3n) is 2.56. The molecule has 0 spiro atoms. The normalized spacial score (nSPS) is 16.6. The van der Waals surface area contributed by atoms with Gasteiger partial charge in [-0.25, -0.2) is 8.42 Å². The van der Waals surface area contributed by atoms with Crippen LogP contribution in [0.25, 0.3) is 0 Å². The van der Waals surface area contributed by atoms with E-state index in [4.69, 9.17) is 17.0 Å². The van der Waals surface area contributed by atoms with Crippen molar-refractivity contribution in [1.29, 1.82) is 0 Å². The summed E-state index contributed by atoms with van der Waals surface area (Å²) in [5, 5.41) is 6.22. The minimum absolute atomic E-state index is 0.00688. The second kappa shape index (κ2) is 5.58. The minimum Gasteiger partial charge on any atom is -0.497 e. The number of nitrogens with one attached hydrogen (secondary N) is 2. The van der Waals surface area contributed by atoms with E-state index < -0.39 is 9.84 Å². The van der Waals surface area contributed by atoms with Gasteiger partial charge >= 0.3 is 0 Å². The Labute approximate surface area is 117 Å². The first kappa shape index (κ1) is 13.8. The Bertz CT molecular complexity index is 624. The molecule has 0 bridgehead atoms. The van der Waals surface area contributed by atoms with E-state index in [1.165, 1.54) is 0 Å². The molecule has 0 saturated heterocycles. The zero-order chi connectivity index (χ0) is 13.9. The molecule has 2 rings (SSSR count). The molecule has 7 heteroatoms. The lowest BCUT2D eigenvalue weighted by molar-refractivity contribution is 0.415. The molecule has 19 heavy (non-hydrogen) atoms. The summed E-state index contributed by atoms with van der Waals surface area (Å²) < 4.78 is 27.7. The van der Waals surface area contributed by atoms with Gasteiger partial charge in [-0.05, 0) is 30.4 Å². The van der Waals surface area contributed by atoms with Crippen molar-refractivity contribution < 1.29 is 13.2 Å². The minimum atomic E-state index is -2.99. The smallest absolute Gasteiger partial charge is 0.175 e. The predicted octanol–water partition coefficient (Wildman–Crippen LogP) is 1.29. The quantitative estimate of drug-likeness (QED) is 0.820. The maximum absolute atomic E-state index is 11.3. The Balaban J connectivity index is 1.95. The number of hydrogen-bond donors (Lipinski definition) is 2. The van der Waals surface area contributed by atoms with Crippen molar-refractivity contribution in [1.82, 2.24) is 5.32 Å². The van der Waals surface area contributed by atoms with E-state index in [0.29, 0.717) is 10.8 Å². The molecular weight excluding hydrogens is 284 g/mol. The number of thiocarbonyl (C=S) groups is 1. The third kappa shape index (κ3) is 3.93. The summed E-state index contributed by atoms with van der Waals surface area (Å²) in [6.45, 7) is 0. The highest BCUT2D eigenvalue weighted by Crippen LogP contribution is 2.17. The first-order chi connectivity index (χ1) is 8.98. The summed E-state index contributed by atoms with van der Waals surface area (Å²) in [5.41, 5.74) is 1.39. The van der Waals surface area contributed by atoms with Gasteiger partial charge in [0.05, 0.1) is 18.6 Å².